The van der Waals surface area contributed by atoms with Crippen LogP contribution in [0.2, 0.25) is 10.0 Å². The molecular weight excluding hydrogens is 708 g/mol. The van der Waals surface area contributed by atoms with Crippen LogP contribution in [0.1, 0.15) is 47.7 Å². The zero-order valence-corrected chi connectivity index (χ0v) is 30.1. The molecule has 3 aromatic rings. The first-order valence-corrected chi connectivity index (χ1v) is 16.7. The first kappa shape index (κ1) is 39.2. The summed E-state index contributed by atoms with van der Waals surface area (Å²) in [6, 6.07) is 14.7. The summed E-state index contributed by atoms with van der Waals surface area (Å²) in [6.45, 7) is 4.18. The number of nitrogens with two attached hydrogens (primary N) is 1. The number of likely N-dealkylation sites (tertiary alicyclic amines) is 2. The van der Waals surface area contributed by atoms with Crippen molar-refractivity contribution in [2.75, 3.05) is 47.5 Å². The molecule has 2 aliphatic rings. The van der Waals surface area contributed by atoms with Crippen LogP contribution in [0.25, 0.3) is 0 Å². The lowest BCUT2D eigenvalue weighted by atomic mass is 9.61. The van der Waals surface area contributed by atoms with Crippen molar-refractivity contribution in [2.45, 2.75) is 43.1 Å². The number of carboxylic acid groups (broad SMARTS) is 2. The number of nitrogens with zero attached hydrogens (tertiary/aromatic N) is 2. The standard InChI is InChI=1S/C34H38Cl2FN3O5.C2H2O4/c1-5-39-14-12-33(32(38)42,22-6-9-24(37)10-7-22)19-29(39)34(23-8-11-25(35)26(36)18-23)13-15-40(20-34)31(41)21-16-27(43-2)30(45-4)28(17-21)44-3;3-1(4)2(5)6/h6-11,16-18,29H,5,12-15,19-20H2,1-4H3,(H2,38,42);(H,3,4)(H,5,6). The van der Waals surface area contributed by atoms with Crippen LogP contribution in [-0.4, -0.2) is 97.3 Å². The fourth-order valence-electron chi connectivity index (χ4n) is 7.27. The number of aliphatic carboxylic acids is 2. The third-order valence-electron chi connectivity index (χ3n) is 9.90. The molecule has 2 heterocycles. The Morgan fingerprint density at radius 1 is 0.863 bits per heavy atom. The van der Waals surface area contributed by atoms with Gasteiger partial charge in [0.25, 0.3) is 5.91 Å². The van der Waals surface area contributed by atoms with E-state index < -0.39 is 28.7 Å². The largest absolute Gasteiger partial charge is 0.493 e. The van der Waals surface area contributed by atoms with Crippen LogP contribution in [0.4, 0.5) is 4.39 Å². The van der Waals surface area contributed by atoms with Crippen molar-refractivity contribution in [3.05, 3.63) is 87.2 Å². The predicted molar refractivity (Wildman–Crippen MR) is 188 cm³/mol. The number of benzene rings is 3. The van der Waals surface area contributed by atoms with Gasteiger partial charge in [0.2, 0.25) is 11.7 Å². The first-order chi connectivity index (χ1) is 24.2. The van der Waals surface area contributed by atoms with Crippen molar-refractivity contribution in [3.8, 4) is 17.2 Å². The van der Waals surface area contributed by atoms with Crippen LogP contribution in [0.15, 0.2) is 54.6 Å². The highest BCUT2D eigenvalue weighted by Crippen LogP contribution is 2.50. The summed E-state index contributed by atoms with van der Waals surface area (Å²) in [5.41, 5.74) is 6.52. The van der Waals surface area contributed by atoms with E-state index in [2.05, 4.69) is 11.8 Å². The number of carboxylic acids is 2. The highest BCUT2D eigenvalue weighted by atomic mass is 35.5. The number of methoxy groups -OCH3 is 3. The Kier molecular flexibility index (Phi) is 12.4. The summed E-state index contributed by atoms with van der Waals surface area (Å²) < 4.78 is 30.4. The van der Waals surface area contributed by atoms with Crippen molar-refractivity contribution >= 4 is 47.0 Å². The average Bonchev–Trinajstić information content (AvgIpc) is 3.58. The number of halogens is 3. The maximum atomic E-state index is 14.1. The van der Waals surface area contributed by atoms with E-state index in [0.29, 0.717) is 83.9 Å². The molecule has 0 aliphatic carbocycles. The maximum Gasteiger partial charge on any atom is 0.414 e. The molecule has 3 atom stereocenters. The van der Waals surface area contributed by atoms with Crippen LogP contribution in [0.3, 0.4) is 0 Å². The van der Waals surface area contributed by atoms with Crippen molar-refractivity contribution in [2.24, 2.45) is 5.73 Å². The monoisotopic (exact) mass is 747 g/mol. The van der Waals surface area contributed by atoms with Crippen LogP contribution >= 0.6 is 23.2 Å². The van der Waals surface area contributed by atoms with E-state index in [1.165, 1.54) is 33.5 Å². The SMILES string of the molecule is CCN1CCC(C(N)=O)(c2ccc(F)cc2)CC1C1(c2ccc(Cl)c(Cl)c2)CCN(C(=O)c2cc(OC)c(OC)c(OC)c2)C1.O=C(O)C(=O)O. The Balaban J connectivity index is 0.000000894. The van der Waals surface area contributed by atoms with Crippen molar-refractivity contribution in [1.29, 1.82) is 0 Å². The smallest absolute Gasteiger partial charge is 0.414 e. The third kappa shape index (κ3) is 7.85. The Morgan fingerprint density at radius 2 is 1.45 bits per heavy atom. The van der Waals surface area contributed by atoms with E-state index in [9.17, 15) is 14.0 Å². The number of carbonyl (C=O) groups is 4. The molecule has 51 heavy (non-hydrogen) atoms. The quantitative estimate of drug-likeness (QED) is 0.253. The molecule has 15 heteroatoms. The number of rotatable bonds is 9. The van der Waals surface area contributed by atoms with E-state index in [0.717, 1.165) is 5.56 Å². The number of piperidine rings is 1. The lowest BCUT2D eigenvalue weighted by molar-refractivity contribution is -0.159. The van der Waals surface area contributed by atoms with E-state index in [-0.39, 0.29) is 17.8 Å². The van der Waals surface area contributed by atoms with Gasteiger partial charge in [-0.3, -0.25) is 14.5 Å². The normalized spacial score (nSPS) is 21.6. The highest BCUT2D eigenvalue weighted by Gasteiger charge is 2.55. The molecule has 12 nitrogen and oxygen atoms in total. The molecule has 0 spiro atoms. The number of carbonyl (C=O) groups excluding carboxylic acids is 2. The van der Waals surface area contributed by atoms with Gasteiger partial charge in [0.15, 0.2) is 11.5 Å². The van der Waals surface area contributed by atoms with Crippen LogP contribution < -0.4 is 19.9 Å². The number of hydrogen-bond donors (Lipinski definition) is 3. The van der Waals surface area contributed by atoms with Crippen molar-refractivity contribution in [3.63, 3.8) is 0 Å². The number of amides is 2. The molecule has 2 saturated heterocycles. The second-order valence-corrected chi connectivity index (χ2v) is 13.2. The summed E-state index contributed by atoms with van der Waals surface area (Å²) >= 11 is 13.0. The second-order valence-electron chi connectivity index (χ2n) is 12.3. The van der Waals surface area contributed by atoms with Gasteiger partial charge in [0, 0.05) is 30.1 Å². The fraction of sp³-hybridized carbons (Fsp3) is 0.389. The third-order valence-corrected chi connectivity index (χ3v) is 10.6. The summed E-state index contributed by atoms with van der Waals surface area (Å²) in [5.74, 6) is -3.53. The van der Waals surface area contributed by atoms with Crippen molar-refractivity contribution in [1.82, 2.24) is 9.80 Å². The predicted octanol–water partition coefficient (Wildman–Crippen LogP) is 5.01. The van der Waals surface area contributed by atoms with E-state index >= 15 is 0 Å². The van der Waals surface area contributed by atoms with Crippen LogP contribution in [0, 0.1) is 5.82 Å². The first-order valence-electron chi connectivity index (χ1n) is 16.0. The topological polar surface area (TPSA) is 169 Å². The second kappa shape index (κ2) is 16.2. The van der Waals surface area contributed by atoms with E-state index in [1.54, 1.807) is 30.3 Å². The molecule has 0 radical (unpaired) electrons. The molecule has 5 rings (SSSR count). The minimum Gasteiger partial charge on any atom is -0.493 e. The number of primary amides is 1. The van der Waals surface area contributed by atoms with Crippen LogP contribution in [-0.2, 0) is 25.2 Å². The lowest BCUT2D eigenvalue weighted by Gasteiger charge is -2.52. The van der Waals surface area contributed by atoms with Gasteiger partial charge in [-0.15, -0.1) is 0 Å². The average molecular weight is 749 g/mol. The fourth-order valence-corrected chi connectivity index (χ4v) is 7.57. The van der Waals surface area contributed by atoms with Gasteiger partial charge >= 0.3 is 11.9 Å². The summed E-state index contributed by atoms with van der Waals surface area (Å²) in [5, 5.41) is 15.6. The molecule has 274 valence electrons. The number of likely N-dealkylation sites (N-methyl/N-ethyl adjacent to an activating group) is 1. The molecule has 4 N–H and O–H groups in total. The zero-order chi connectivity index (χ0) is 37.7. The summed E-state index contributed by atoms with van der Waals surface area (Å²) in [4.78, 5) is 49.9. The highest BCUT2D eigenvalue weighted by molar-refractivity contribution is 6.42. The van der Waals surface area contributed by atoms with Gasteiger partial charge in [-0.2, -0.15) is 0 Å². The van der Waals surface area contributed by atoms with E-state index in [1.807, 2.05) is 17.0 Å². The molecule has 2 aliphatic heterocycles. The molecule has 3 unspecified atom stereocenters. The molecule has 2 amide bonds. The number of hydrogen-bond acceptors (Lipinski definition) is 8. The molecule has 0 saturated carbocycles. The number of ether oxygens (including phenoxy) is 3. The Morgan fingerprint density at radius 3 is 1.94 bits per heavy atom. The molecule has 2 fully saturated rings. The summed E-state index contributed by atoms with van der Waals surface area (Å²) in [7, 11) is 4.52. The van der Waals surface area contributed by atoms with Gasteiger partial charge in [-0.25, -0.2) is 14.0 Å². The van der Waals surface area contributed by atoms with E-state index in [4.69, 9.17) is 62.9 Å². The van der Waals surface area contributed by atoms with Gasteiger partial charge in [-0.1, -0.05) is 48.3 Å². The molecule has 3 aromatic carbocycles. The Labute approximate surface area is 304 Å². The molecular formula is C36H40Cl2FN3O9. The summed E-state index contributed by atoms with van der Waals surface area (Å²) in [6.07, 6.45) is 1.47. The van der Waals surface area contributed by atoms with Gasteiger partial charge < -0.3 is 35.1 Å². The van der Waals surface area contributed by atoms with Gasteiger partial charge in [0.05, 0.1) is 36.8 Å². The minimum atomic E-state index is -1.82. The Hall–Kier alpha value is -4.59. The van der Waals surface area contributed by atoms with Crippen LogP contribution in [0.5, 0.6) is 17.2 Å². The Bertz CT molecular complexity index is 1760. The van der Waals surface area contributed by atoms with Crippen molar-refractivity contribution < 1.29 is 48.0 Å². The minimum absolute atomic E-state index is 0.199. The van der Waals surface area contributed by atoms with Gasteiger partial charge in [0.1, 0.15) is 5.82 Å². The zero-order valence-electron chi connectivity index (χ0n) is 28.6. The van der Waals surface area contributed by atoms with Gasteiger partial charge in [-0.05, 0) is 79.9 Å². The molecule has 0 aromatic heterocycles. The molecule has 0 bridgehead atoms. The maximum absolute atomic E-state index is 14.1. The lowest BCUT2D eigenvalue weighted by Crippen LogP contribution is -2.61.